The van der Waals surface area contributed by atoms with Gasteiger partial charge in [0.15, 0.2) is 0 Å². The van der Waals surface area contributed by atoms with Gasteiger partial charge in [-0.25, -0.2) is 9.18 Å². The fourth-order valence-electron chi connectivity index (χ4n) is 3.69. The van der Waals surface area contributed by atoms with E-state index in [1.165, 1.54) is 73.5 Å². The Balaban J connectivity index is 1.79. The number of hydrogen-bond donors (Lipinski definition) is 2. The molecule has 0 aliphatic rings. The van der Waals surface area contributed by atoms with Crippen molar-refractivity contribution < 1.29 is 23.5 Å². The van der Waals surface area contributed by atoms with Crippen LogP contribution in [0.4, 0.5) is 10.1 Å². The predicted octanol–water partition coefficient (Wildman–Crippen LogP) is 3.58. The van der Waals surface area contributed by atoms with Gasteiger partial charge in [0, 0.05) is 34.6 Å². The molecule has 0 aliphatic heterocycles. The number of aromatic nitrogens is 2. The van der Waals surface area contributed by atoms with Gasteiger partial charge in [-0.15, -0.1) is 0 Å². The summed E-state index contributed by atoms with van der Waals surface area (Å²) in [5, 5.41) is 2.74. The van der Waals surface area contributed by atoms with Gasteiger partial charge in [0.1, 0.15) is 28.2 Å². The number of H-pyrrole nitrogens is 1. The Bertz CT molecular complexity index is 1610. The number of benzene rings is 2. The molecule has 184 valence electrons. The molecule has 0 atom stereocenters. The maximum absolute atomic E-state index is 14.5. The fourth-order valence-corrected chi connectivity index (χ4v) is 3.91. The number of anilines is 1. The van der Waals surface area contributed by atoms with E-state index in [2.05, 4.69) is 10.3 Å². The molecule has 11 heteroatoms. The van der Waals surface area contributed by atoms with Gasteiger partial charge in [-0.1, -0.05) is 17.7 Å². The van der Waals surface area contributed by atoms with Crippen molar-refractivity contribution in [1.82, 2.24) is 9.55 Å². The summed E-state index contributed by atoms with van der Waals surface area (Å²) in [5.41, 5.74) is -0.914. The van der Waals surface area contributed by atoms with Crippen molar-refractivity contribution in [2.45, 2.75) is 6.54 Å². The highest BCUT2D eigenvalue weighted by Crippen LogP contribution is 2.25. The summed E-state index contributed by atoms with van der Waals surface area (Å²) in [6.07, 6.45) is 1.27. The zero-order chi connectivity index (χ0) is 26.0. The summed E-state index contributed by atoms with van der Waals surface area (Å²) in [6.45, 7) is -0.115. The monoisotopic (exact) mass is 511 g/mol. The van der Waals surface area contributed by atoms with E-state index in [1.807, 2.05) is 0 Å². The molecule has 0 radical (unpaired) electrons. The summed E-state index contributed by atoms with van der Waals surface area (Å²) in [5.74, 6) is -1.84. The normalized spacial score (nSPS) is 10.8. The molecule has 0 fully saturated rings. The Hall–Kier alpha value is -4.44. The van der Waals surface area contributed by atoms with Crippen molar-refractivity contribution in [1.29, 1.82) is 0 Å². The topological polar surface area (TPSA) is 119 Å². The van der Waals surface area contributed by atoms with Crippen LogP contribution in [0.2, 0.25) is 5.02 Å². The zero-order valence-electron chi connectivity index (χ0n) is 19.1. The molecule has 0 spiro atoms. The largest absolute Gasteiger partial charge is 0.496 e. The lowest BCUT2D eigenvalue weighted by Crippen LogP contribution is -2.26. The fraction of sp³-hybridized carbons (Fsp3) is 0.120. The second-order valence-electron chi connectivity index (χ2n) is 7.64. The number of carbonyl (C=O) groups is 2. The van der Waals surface area contributed by atoms with Crippen LogP contribution in [0.15, 0.2) is 64.3 Å². The number of nitrogens with one attached hydrogen (secondary N) is 2. The zero-order valence-corrected chi connectivity index (χ0v) is 19.8. The van der Waals surface area contributed by atoms with Crippen molar-refractivity contribution in [3.8, 4) is 5.75 Å². The van der Waals surface area contributed by atoms with E-state index >= 15 is 0 Å². The van der Waals surface area contributed by atoms with E-state index < -0.39 is 28.7 Å². The van der Waals surface area contributed by atoms with Crippen LogP contribution in [0.1, 0.15) is 26.3 Å². The van der Waals surface area contributed by atoms with Crippen LogP contribution in [0.5, 0.6) is 5.75 Å². The van der Waals surface area contributed by atoms with Crippen LogP contribution >= 0.6 is 11.6 Å². The van der Waals surface area contributed by atoms with E-state index in [1.54, 1.807) is 0 Å². The number of pyridine rings is 2. The maximum atomic E-state index is 14.5. The van der Waals surface area contributed by atoms with Crippen LogP contribution in [-0.4, -0.2) is 35.6 Å². The average Bonchev–Trinajstić information content (AvgIpc) is 2.87. The van der Waals surface area contributed by atoms with Crippen molar-refractivity contribution in [2.75, 3.05) is 19.5 Å². The summed E-state index contributed by atoms with van der Waals surface area (Å²) in [6, 6.07) is 11.1. The molecule has 9 nitrogen and oxygen atoms in total. The smallest absolute Gasteiger partial charge is 0.341 e. The lowest BCUT2D eigenvalue weighted by Gasteiger charge is -2.15. The Morgan fingerprint density at radius 2 is 1.86 bits per heavy atom. The summed E-state index contributed by atoms with van der Waals surface area (Å²) in [7, 11) is 2.57. The Kier molecular flexibility index (Phi) is 6.89. The van der Waals surface area contributed by atoms with Crippen molar-refractivity contribution >= 4 is 40.2 Å². The molecule has 2 aromatic carbocycles. The van der Waals surface area contributed by atoms with E-state index in [4.69, 9.17) is 21.1 Å². The first-order valence-electron chi connectivity index (χ1n) is 10.5. The van der Waals surface area contributed by atoms with Gasteiger partial charge in [-0.3, -0.25) is 14.4 Å². The third-order valence-corrected chi connectivity index (χ3v) is 5.82. The van der Waals surface area contributed by atoms with E-state index in [9.17, 15) is 23.6 Å². The highest BCUT2D eigenvalue weighted by Gasteiger charge is 2.19. The average molecular weight is 512 g/mol. The summed E-state index contributed by atoms with van der Waals surface area (Å²) < 4.78 is 25.8. The van der Waals surface area contributed by atoms with E-state index in [0.717, 1.165) is 0 Å². The lowest BCUT2D eigenvalue weighted by molar-refractivity contribution is 0.0597. The van der Waals surface area contributed by atoms with Gasteiger partial charge in [0.2, 0.25) is 11.0 Å². The maximum Gasteiger partial charge on any atom is 0.341 e. The summed E-state index contributed by atoms with van der Waals surface area (Å²) >= 11 is 6.17. The van der Waals surface area contributed by atoms with E-state index in [-0.39, 0.29) is 50.7 Å². The number of carbonyl (C=O) groups excluding carboxylic acids is 2. The number of fused-ring (bicyclic) bond motifs is 1. The standard InChI is InChI=1S/C25H19ClFN3O6/c1-35-20-10-13(6-7-14(20)25(34)36-2)28-24(33)16-12-30(11-15-17(26)4-3-5-18(15)27)19-8-9-21(31)29-22(19)23(16)32/h3-10,12H,11H2,1-2H3,(H,28,33)(H,29,31). The SMILES string of the molecule is COC(=O)c1ccc(NC(=O)c2cn(Cc3c(F)cccc3Cl)c3ccc(=O)[nH]c3c2=O)cc1OC. The molecule has 0 unspecified atom stereocenters. The van der Waals surface area contributed by atoms with Gasteiger partial charge in [0.05, 0.1) is 26.3 Å². The molecule has 0 aliphatic carbocycles. The molecule has 0 saturated heterocycles. The third kappa shape index (κ3) is 4.71. The van der Waals surface area contributed by atoms with E-state index in [0.29, 0.717) is 0 Å². The van der Waals surface area contributed by atoms with Gasteiger partial charge < -0.3 is 24.3 Å². The van der Waals surface area contributed by atoms with Crippen molar-refractivity contribution in [3.63, 3.8) is 0 Å². The molecular weight excluding hydrogens is 493 g/mol. The number of nitrogens with zero attached hydrogens (tertiary/aromatic N) is 1. The number of esters is 1. The molecule has 2 heterocycles. The number of halogens is 2. The van der Waals surface area contributed by atoms with Gasteiger partial charge in [0.25, 0.3) is 5.91 Å². The molecule has 2 aromatic heterocycles. The molecular formula is C25H19ClFN3O6. The lowest BCUT2D eigenvalue weighted by atomic mass is 10.1. The van der Waals surface area contributed by atoms with Crippen LogP contribution in [0.25, 0.3) is 11.0 Å². The minimum absolute atomic E-state index is 0.115. The molecule has 2 N–H and O–H groups in total. The highest BCUT2D eigenvalue weighted by atomic mass is 35.5. The van der Waals surface area contributed by atoms with Crippen LogP contribution in [0.3, 0.4) is 0 Å². The summed E-state index contributed by atoms with van der Waals surface area (Å²) in [4.78, 5) is 52.5. The second-order valence-corrected chi connectivity index (χ2v) is 8.05. The number of aromatic amines is 1. The third-order valence-electron chi connectivity index (χ3n) is 5.46. The number of methoxy groups -OCH3 is 2. The molecule has 1 amide bonds. The van der Waals surface area contributed by atoms with Crippen LogP contribution in [0, 0.1) is 5.82 Å². The van der Waals surface area contributed by atoms with Gasteiger partial charge in [-0.05, 0) is 30.3 Å². The number of hydrogen-bond acceptors (Lipinski definition) is 6. The van der Waals surface area contributed by atoms with Crippen LogP contribution < -0.4 is 21.0 Å². The van der Waals surface area contributed by atoms with Crippen LogP contribution in [-0.2, 0) is 11.3 Å². The predicted molar refractivity (Wildman–Crippen MR) is 132 cm³/mol. The highest BCUT2D eigenvalue weighted by molar-refractivity contribution is 6.31. The Labute approximate surface area is 208 Å². The first-order chi connectivity index (χ1) is 17.2. The molecule has 4 aromatic rings. The molecule has 4 rings (SSSR count). The number of rotatable bonds is 6. The Morgan fingerprint density at radius 3 is 2.56 bits per heavy atom. The first kappa shape index (κ1) is 24.7. The first-order valence-corrected chi connectivity index (χ1v) is 10.9. The second kappa shape index (κ2) is 10.0. The molecule has 0 bridgehead atoms. The quantitative estimate of drug-likeness (QED) is 0.382. The Morgan fingerprint density at radius 1 is 1.08 bits per heavy atom. The van der Waals surface area contributed by atoms with Crippen molar-refractivity contribution in [3.05, 3.63) is 103 Å². The molecule has 36 heavy (non-hydrogen) atoms. The minimum atomic E-state index is -0.798. The van der Waals surface area contributed by atoms with Gasteiger partial charge >= 0.3 is 5.97 Å². The molecule has 0 saturated carbocycles. The van der Waals surface area contributed by atoms with Crippen molar-refractivity contribution in [2.24, 2.45) is 0 Å². The number of ether oxygens (including phenoxy) is 2. The minimum Gasteiger partial charge on any atom is -0.496 e. The number of amides is 1. The van der Waals surface area contributed by atoms with Gasteiger partial charge in [-0.2, -0.15) is 0 Å².